The first-order chi connectivity index (χ1) is 9.74. The van der Waals surface area contributed by atoms with Crippen LogP contribution in [0.25, 0.3) is 0 Å². The van der Waals surface area contributed by atoms with Crippen LogP contribution >= 0.6 is 15.9 Å². The molecule has 8 heteroatoms. The van der Waals surface area contributed by atoms with Crippen LogP contribution in [0.3, 0.4) is 0 Å². The molecule has 2 nitrogen and oxygen atoms in total. The quantitative estimate of drug-likeness (QED) is 0.565. The Labute approximate surface area is 127 Å². The summed E-state index contributed by atoms with van der Waals surface area (Å²) >= 11 is 2.85. The fourth-order valence-corrected chi connectivity index (χ4v) is 1.99. The van der Waals surface area contributed by atoms with Gasteiger partial charge in [-0.1, -0.05) is 6.92 Å². The summed E-state index contributed by atoms with van der Waals surface area (Å²) in [5, 5.41) is 2.85. The molecule has 0 aliphatic carbocycles. The van der Waals surface area contributed by atoms with E-state index in [1.54, 1.807) is 0 Å². The largest absolute Gasteiger partial charge is 0.411 e. The van der Waals surface area contributed by atoms with Gasteiger partial charge in [-0.3, -0.25) is 0 Å². The van der Waals surface area contributed by atoms with E-state index in [-0.39, 0.29) is 10.0 Å². The molecule has 0 amide bonds. The molecule has 1 N–H and O–H groups in total. The van der Waals surface area contributed by atoms with Gasteiger partial charge in [0.1, 0.15) is 18.2 Å². The lowest BCUT2D eigenvalue weighted by Gasteiger charge is -2.20. The summed E-state index contributed by atoms with van der Waals surface area (Å²) in [5.41, 5.74) is -0.0636. The highest BCUT2D eigenvalue weighted by atomic mass is 79.9. The zero-order chi connectivity index (χ0) is 16.0. The number of benzene rings is 1. The molecule has 1 aromatic carbocycles. The third-order valence-electron chi connectivity index (χ3n) is 2.61. The predicted octanol–water partition coefficient (Wildman–Crippen LogP) is 4.35. The van der Waals surface area contributed by atoms with Crippen LogP contribution in [0, 0.1) is 11.6 Å². The molecule has 1 atom stereocenters. The van der Waals surface area contributed by atoms with Crippen molar-refractivity contribution in [2.45, 2.75) is 25.6 Å². The number of hydrogen-bond donors (Lipinski definition) is 1. The zero-order valence-electron chi connectivity index (χ0n) is 11.2. The molecular formula is C13H15BrF5NO. The van der Waals surface area contributed by atoms with Crippen LogP contribution in [-0.4, -0.2) is 25.9 Å². The molecular weight excluding hydrogens is 361 g/mol. The van der Waals surface area contributed by atoms with Gasteiger partial charge in [0.15, 0.2) is 0 Å². The van der Waals surface area contributed by atoms with E-state index in [9.17, 15) is 22.0 Å². The number of ether oxygens (including phenoxy) is 1. The Bertz CT molecular complexity index is 467. The molecule has 0 spiro atoms. The minimum Gasteiger partial charge on any atom is -0.370 e. The van der Waals surface area contributed by atoms with Crippen molar-refractivity contribution in [2.24, 2.45) is 0 Å². The van der Waals surface area contributed by atoms with Crippen LogP contribution in [-0.2, 0) is 4.74 Å². The highest BCUT2D eigenvalue weighted by Crippen LogP contribution is 2.25. The summed E-state index contributed by atoms with van der Waals surface area (Å²) in [6, 6.07) is 1.04. The van der Waals surface area contributed by atoms with Crippen LogP contribution < -0.4 is 5.32 Å². The van der Waals surface area contributed by atoms with Gasteiger partial charge in [0.05, 0.1) is 17.1 Å². The Morgan fingerprint density at radius 1 is 1.24 bits per heavy atom. The van der Waals surface area contributed by atoms with Crippen molar-refractivity contribution in [3.8, 4) is 0 Å². The van der Waals surface area contributed by atoms with Crippen LogP contribution in [0.5, 0.6) is 0 Å². The second-order valence-electron chi connectivity index (χ2n) is 4.42. The highest BCUT2D eigenvalue weighted by molar-refractivity contribution is 9.10. The lowest BCUT2D eigenvalue weighted by Crippen LogP contribution is -2.29. The first-order valence-corrected chi connectivity index (χ1v) is 7.06. The minimum absolute atomic E-state index is 0.0470. The first kappa shape index (κ1) is 18.3. The summed E-state index contributed by atoms with van der Waals surface area (Å²) in [5.74, 6) is -1.40. The van der Waals surface area contributed by atoms with Crippen LogP contribution in [0.2, 0.25) is 0 Å². The standard InChI is InChI=1S/C13H15BrF5NO/c1-2-3-20-12(6-21-7-13(17,18)19)8-4-11(16)9(14)5-10(8)15/h4-5,12,20H,2-3,6-7H2,1H3. The Morgan fingerprint density at radius 3 is 2.48 bits per heavy atom. The van der Waals surface area contributed by atoms with E-state index in [0.717, 1.165) is 12.1 Å². The van der Waals surface area contributed by atoms with Crippen LogP contribution in [0.4, 0.5) is 22.0 Å². The van der Waals surface area contributed by atoms with E-state index in [2.05, 4.69) is 26.0 Å². The normalized spacial score (nSPS) is 13.5. The fourth-order valence-electron chi connectivity index (χ4n) is 1.67. The van der Waals surface area contributed by atoms with E-state index in [1.165, 1.54) is 0 Å². The molecule has 0 aliphatic rings. The lowest BCUT2D eigenvalue weighted by atomic mass is 10.1. The SMILES string of the molecule is CCCNC(COCC(F)(F)F)c1cc(F)c(Br)cc1F. The maximum absolute atomic E-state index is 13.9. The molecule has 1 unspecified atom stereocenters. The molecule has 0 saturated carbocycles. The molecule has 1 rings (SSSR count). The van der Waals surface area contributed by atoms with Crippen molar-refractivity contribution in [1.82, 2.24) is 5.32 Å². The Hall–Kier alpha value is -0.730. The van der Waals surface area contributed by atoms with E-state index >= 15 is 0 Å². The van der Waals surface area contributed by atoms with Gasteiger partial charge in [-0.15, -0.1) is 0 Å². The Balaban J connectivity index is 2.84. The monoisotopic (exact) mass is 375 g/mol. The number of halogens is 6. The van der Waals surface area contributed by atoms with Crippen molar-refractivity contribution < 1.29 is 26.7 Å². The van der Waals surface area contributed by atoms with Gasteiger partial charge in [0.2, 0.25) is 0 Å². The highest BCUT2D eigenvalue weighted by Gasteiger charge is 2.28. The van der Waals surface area contributed by atoms with E-state index in [0.29, 0.717) is 13.0 Å². The third-order valence-corrected chi connectivity index (χ3v) is 3.21. The number of alkyl halides is 3. The molecule has 120 valence electrons. The van der Waals surface area contributed by atoms with Gasteiger partial charge < -0.3 is 10.1 Å². The second-order valence-corrected chi connectivity index (χ2v) is 5.28. The maximum atomic E-state index is 13.9. The van der Waals surface area contributed by atoms with Crippen molar-refractivity contribution in [1.29, 1.82) is 0 Å². The molecule has 0 bridgehead atoms. The average Bonchev–Trinajstić information content (AvgIpc) is 2.37. The molecule has 0 heterocycles. The fraction of sp³-hybridized carbons (Fsp3) is 0.538. The maximum Gasteiger partial charge on any atom is 0.411 e. The van der Waals surface area contributed by atoms with E-state index < -0.39 is 37.1 Å². The van der Waals surface area contributed by atoms with Gasteiger partial charge in [0.25, 0.3) is 0 Å². The summed E-state index contributed by atoms with van der Waals surface area (Å²) in [4.78, 5) is 0. The third kappa shape index (κ3) is 6.27. The van der Waals surface area contributed by atoms with Gasteiger partial charge in [0, 0.05) is 5.56 Å². The topological polar surface area (TPSA) is 21.3 Å². The van der Waals surface area contributed by atoms with E-state index in [4.69, 9.17) is 0 Å². The summed E-state index contributed by atoms with van der Waals surface area (Å²) < 4.78 is 68.1. The van der Waals surface area contributed by atoms with Crippen molar-refractivity contribution >= 4 is 15.9 Å². The molecule has 21 heavy (non-hydrogen) atoms. The van der Waals surface area contributed by atoms with Gasteiger partial charge in [-0.05, 0) is 41.0 Å². The van der Waals surface area contributed by atoms with Gasteiger partial charge >= 0.3 is 6.18 Å². The molecule has 0 radical (unpaired) electrons. The Morgan fingerprint density at radius 2 is 1.90 bits per heavy atom. The van der Waals surface area contributed by atoms with Gasteiger partial charge in [-0.25, -0.2) is 8.78 Å². The van der Waals surface area contributed by atoms with Crippen molar-refractivity contribution in [3.05, 3.63) is 33.8 Å². The van der Waals surface area contributed by atoms with Gasteiger partial charge in [-0.2, -0.15) is 13.2 Å². The zero-order valence-corrected chi connectivity index (χ0v) is 12.8. The van der Waals surface area contributed by atoms with Crippen molar-refractivity contribution in [3.63, 3.8) is 0 Å². The number of hydrogen-bond acceptors (Lipinski definition) is 2. The first-order valence-electron chi connectivity index (χ1n) is 6.27. The van der Waals surface area contributed by atoms with Crippen LogP contribution in [0.15, 0.2) is 16.6 Å². The van der Waals surface area contributed by atoms with E-state index in [1.807, 2.05) is 6.92 Å². The molecule has 0 aromatic heterocycles. The number of rotatable bonds is 7. The lowest BCUT2D eigenvalue weighted by molar-refractivity contribution is -0.175. The minimum atomic E-state index is -4.46. The summed E-state index contributed by atoms with van der Waals surface area (Å²) in [7, 11) is 0. The van der Waals surface area contributed by atoms with Crippen LogP contribution in [0.1, 0.15) is 24.9 Å². The average molecular weight is 376 g/mol. The van der Waals surface area contributed by atoms with Crippen molar-refractivity contribution in [2.75, 3.05) is 19.8 Å². The molecule has 0 fully saturated rings. The summed E-state index contributed by atoms with van der Waals surface area (Å²) in [6.07, 6.45) is -3.77. The predicted molar refractivity (Wildman–Crippen MR) is 72.0 cm³/mol. The Kier molecular flexibility index (Phi) is 7.02. The molecule has 1 aromatic rings. The molecule has 0 aliphatic heterocycles. The smallest absolute Gasteiger partial charge is 0.370 e. The molecule has 0 saturated heterocycles. The summed E-state index contributed by atoms with van der Waals surface area (Å²) in [6.45, 7) is 0.450. The number of nitrogens with one attached hydrogen (secondary N) is 1. The second kappa shape index (κ2) is 8.05.